The SMILES string of the molecule is CC1CCN([C@@H](CNC(=O)c2ccc(Cl)c([N+](=O)[O-])c2)c2cccs2)CC1. The second kappa shape index (κ2) is 8.82. The number of thiophene rings is 1. The van der Waals surface area contributed by atoms with Gasteiger partial charge in [0.2, 0.25) is 0 Å². The van der Waals surface area contributed by atoms with Crippen LogP contribution < -0.4 is 5.32 Å². The number of carbonyl (C=O) groups excluding carboxylic acids is 1. The third kappa shape index (κ3) is 4.86. The van der Waals surface area contributed by atoms with Crippen LogP contribution >= 0.6 is 22.9 Å². The van der Waals surface area contributed by atoms with Gasteiger partial charge in [-0.25, -0.2) is 0 Å². The summed E-state index contributed by atoms with van der Waals surface area (Å²) in [7, 11) is 0. The zero-order chi connectivity index (χ0) is 19.4. The maximum absolute atomic E-state index is 12.5. The Labute approximate surface area is 167 Å². The minimum absolute atomic E-state index is 0.0236. The van der Waals surface area contributed by atoms with E-state index in [1.807, 2.05) is 11.4 Å². The first-order chi connectivity index (χ1) is 13.0. The number of likely N-dealkylation sites (tertiary alicyclic amines) is 1. The summed E-state index contributed by atoms with van der Waals surface area (Å²) in [5, 5.41) is 16.0. The van der Waals surface area contributed by atoms with E-state index in [1.165, 1.54) is 23.1 Å². The molecule has 1 aliphatic rings. The molecule has 1 amide bonds. The quantitative estimate of drug-likeness (QED) is 0.564. The molecule has 2 aromatic rings. The molecule has 8 heteroatoms. The van der Waals surface area contributed by atoms with Crippen LogP contribution in [0.1, 0.15) is 41.0 Å². The summed E-state index contributed by atoms with van der Waals surface area (Å²) in [4.78, 5) is 26.6. The van der Waals surface area contributed by atoms with E-state index in [-0.39, 0.29) is 28.2 Å². The van der Waals surface area contributed by atoms with Gasteiger partial charge in [-0.1, -0.05) is 24.6 Å². The number of nitro groups is 1. The Bertz CT molecular complexity index is 805. The first-order valence-corrected chi connectivity index (χ1v) is 10.2. The van der Waals surface area contributed by atoms with Crippen LogP contribution in [0.15, 0.2) is 35.7 Å². The van der Waals surface area contributed by atoms with Crippen LogP contribution in [0.4, 0.5) is 5.69 Å². The summed E-state index contributed by atoms with van der Waals surface area (Å²) in [5.74, 6) is 0.399. The monoisotopic (exact) mass is 407 g/mol. The predicted octanol–water partition coefficient (Wildman–Crippen LogP) is 4.51. The van der Waals surface area contributed by atoms with Crippen LogP contribution in [0.3, 0.4) is 0 Å². The van der Waals surface area contributed by atoms with Crippen molar-refractivity contribution < 1.29 is 9.72 Å². The van der Waals surface area contributed by atoms with Crippen molar-refractivity contribution in [2.24, 2.45) is 5.92 Å². The Kier molecular flexibility index (Phi) is 6.46. The lowest BCUT2D eigenvalue weighted by molar-refractivity contribution is -0.384. The van der Waals surface area contributed by atoms with Gasteiger partial charge in [-0.3, -0.25) is 19.8 Å². The molecule has 0 aliphatic carbocycles. The minimum Gasteiger partial charge on any atom is -0.350 e. The second-order valence-electron chi connectivity index (χ2n) is 6.88. The number of carbonyl (C=O) groups is 1. The van der Waals surface area contributed by atoms with Crippen LogP contribution in [-0.2, 0) is 0 Å². The average molecular weight is 408 g/mol. The molecule has 0 saturated carbocycles. The molecule has 27 heavy (non-hydrogen) atoms. The van der Waals surface area contributed by atoms with Gasteiger partial charge in [-0.05, 0) is 55.4 Å². The van der Waals surface area contributed by atoms with Crippen LogP contribution in [-0.4, -0.2) is 35.4 Å². The Morgan fingerprint density at radius 1 is 1.41 bits per heavy atom. The van der Waals surface area contributed by atoms with E-state index >= 15 is 0 Å². The van der Waals surface area contributed by atoms with Gasteiger partial charge in [0, 0.05) is 23.1 Å². The van der Waals surface area contributed by atoms with Crippen LogP contribution in [0, 0.1) is 16.0 Å². The van der Waals surface area contributed by atoms with Crippen LogP contribution in [0.5, 0.6) is 0 Å². The van der Waals surface area contributed by atoms with Crippen LogP contribution in [0.25, 0.3) is 0 Å². The fraction of sp³-hybridized carbons (Fsp3) is 0.421. The molecular weight excluding hydrogens is 386 g/mol. The molecule has 1 aromatic heterocycles. The van der Waals surface area contributed by atoms with E-state index in [9.17, 15) is 14.9 Å². The number of amides is 1. The highest BCUT2D eigenvalue weighted by atomic mass is 35.5. The number of piperidine rings is 1. The summed E-state index contributed by atoms with van der Waals surface area (Å²) in [6, 6.07) is 8.34. The lowest BCUT2D eigenvalue weighted by atomic mass is 9.97. The number of hydrogen-bond donors (Lipinski definition) is 1. The molecule has 144 valence electrons. The van der Waals surface area contributed by atoms with Gasteiger partial charge in [0.05, 0.1) is 11.0 Å². The number of rotatable bonds is 6. The van der Waals surface area contributed by atoms with Crippen molar-refractivity contribution in [2.45, 2.75) is 25.8 Å². The average Bonchev–Trinajstić information content (AvgIpc) is 3.17. The Hall–Kier alpha value is -1.96. The highest BCUT2D eigenvalue weighted by Crippen LogP contribution is 2.29. The molecule has 0 unspecified atom stereocenters. The van der Waals surface area contributed by atoms with E-state index in [1.54, 1.807) is 11.3 Å². The number of hydrogen-bond acceptors (Lipinski definition) is 5. The lowest BCUT2D eigenvalue weighted by Gasteiger charge is -2.36. The first kappa shape index (κ1) is 19.8. The summed E-state index contributed by atoms with van der Waals surface area (Å²) < 4.78 is 0. The van der Waals surface area contributed by atoms with Gasteiger partial charge in [0.1, 0.15) is 5.02 Å². The molecule has 1 aliphatic heterocycles. The highest BCUT2D eigenvalue weighted by molar-refractivity contribution is 7.10. The number of benzene rings is 1. The molecule has 3 rings (SSSR count). The standard InChI is InChI=1S/C19H22ClN3O3S/c1-13-6-8-22(9-7-13)17(18-3-2-10-27-18)12-21-19(24)14-4-5-15(20)16(11-14)23(25)26/h2-5,10-11,13,17H,6-9,12H2,1H3,(H,21,24)/t17-/m0/s1. The smallest absolute Gasteiger partial charge is 0.288 e. The zero-order valence-electron chi connectivity index (χ0n) is 15.1. The molecule has 2 heterocycles. The predicted molar refractivity (Wildman–Crippen MR) is 107 cm³/mol. The van der Waals surface area contributed by atoms with Gasteiger partial charge in [0.25, 0.3) is 11.6 Å². The van der Waals surface area contributed by atoms with E-state index in [0.717, 1.165) is 31.8 Å². The lowest BCUT2D eigenvalue weighted by Crippen LogP contribution is -2.41. The third-order valence-corrected chi connectivity index (χ3v) is 6.28. The molecule has 1 atom stereocenters. The Morgan fingerprint density at radius 2 is 2.15 bits per heavy atom. The summed E-state index contributed by atoms with van der Waals surface area (Å²) in [5.41, 5.74) is -0.0209. The Balaban J connectivity index is 1.71. The third-order valence-electron chi connectivity index (χ3n) is 4.99. The largest absolute Gasteiger partial charge is 0.350 e. The van der Waals surface area contributed by atoms with E-state index in [4.69, 9.17) is 11.6 Å². The molecule has 1 saturated heterocycles. The van der Waals surface area contributed by atoms with Gasteiger partial charge in [-0.15, -0.1) is 11.3 Å². The van der Waals surface area contributed by atoms with Crippen molar-refractivity contribution in [3.8, 4) is 0 Å². The minimum atomic E-state index is -0.581. The molecule has 0 bridgehead atoms. The Morgan fingerprint density at radius 3 is 2.78 bits per heavy atom. The molecule has 0 spiro atoms. The summed E-state index contributed by atoms with van der Waals surface area (Å²) in [6.45, 7) is 4.74. The van der Waals surface area contributed by atoms with Gasteiger partial charge >= 0.3 is 0 Å². The molecular formula is C19H22ClN3O3S. The highest BCUT2D eigenvalue weighted by Gasteiger charge is 2.26. The molecule has 1 fully saturated rings. The van der Waals surface area contributed by atoms with E-state index < -0.39 is 4.92 Å². The van der Waals surface area contributed by atoms with Crippen molar-refractivity contribution in [3.05, 3.63) is 61.3 Å². The number of nitrogens with one attached hydrogen (secondary N) is 1. The molecule has 6 nitrogen and oxygen atoms in total. The maximum atomic E-state index is 12.5. The van der Waals surface area contributed by atoms with Crippen LogP contribution in [0.2, 0.25) is 5.02 Å². The van der Waals surface area contributed by atoms with E-state index in [0.29, 0.717) is 6.54 Å². The van der Waals surface area contributed by atoms with Crippen molar-refractivity contribution in [3.63, 3.8) is 0 Å². The van der Waals surface area contributed by atoms with Gasteiger partial charge in [-0.2, -0.15) is 0 Å². The second-order valence-corrected chi connectivity index (χ2v) is 8.27. The maximum Gasteiger partial charge on any atom is 0.288 e. The molecule has 0 radical (unpaired) electrons. The molecule has 1 N–H and O–H groups in total. The first-order valence-electron chi connectivity index (χ1n) is 8.95. The van der Waals surface area contributed by atoms with Crippen molar-refractivity contribution in [1.29, 1.82) is 0 Å². The zero-order valence-corrected chi connectivity index (χ0v) is 16.6. The van der Waals surface area contributed by atoms with Crippen molar-refractivity contribution >= 4 is 34.5 Å². The van der Waals surface area contributed by atoms with Gasteiger partial charge < -0.3 is 5.32 Å². The number of halogens is 1. The topological polar surface area (TPSA) is 75.5 Å². The fourth-order valence-corrected chi connectivity index (χ4v) is 4.36. The normalized spacial score (nSPS) is 16.8. The summed E-state index contributed by atoms with van der Waals surface area (Å²) >= 11 is 7.51. The number of nitrogens with zero attached hydrogens (tertiary/aromatic N) is 2. The van der Waals surface area contributed by atoms with Crippen molar-refractivity contribution in [1.82, 2.24) is 10.2 Å². The molecule has 1 aromatic carbocycles. The fourth-order valence-electron chi connectivity index (χ4n) is 3.32. The van der Waals surface area contributed by atoms with E-state index in [2.05, 4.69) is 23.2 Å². The van der Waals surface area contributed by atoms with Crippen molar-refractivity contribution in [2.75, 3.05) is 19.6 Å². The van der Waals surface area contributed by atoms with Gasteiger partial charge in [0.15, 0.2) is 0 Å². The summed E-state index contributed by atoms with van der Waals surface area (Å²) in [6.07, 6.45) is 2.30. The number of nitro benzene ring substituents is 1.